The average molecular weight is 343 g/mol. The molecule has 0 atom stereocenters. The first-order valence-electron chi connectivity index (χ1n) is 7.36. The van der Waals surface area contributed by atoms with Gasteiger partial charge in [-0.3, -0.25) is 14.9 Å². The molecule has 0 spiro atoms. The highest BCUT2D eigenvalue weighted by atomic mass is 16.6. The van der Waals surface area contributed by atoms with Crippen LogP contribution in [0.5, 0.6) is 11.5 Å². The van der Waals surface area contributed by atoms with Gasteiger partial charge in [0.2, 0.25) is 0 Å². The van der Waals surface area contributed by atoms with Gasteiger partial charge in [0.25, 0.3) is 11.6 Å². The van der Waals surface area contributed by atoms with Gasteiger partial charge in [0.05, 0.1) is 16.7 Å². The Hall–Kier alpha value is -3.42. The van der Waals surface area contributed by atoms with Crippen molar-refractivity contribution in [3.05, 3.63) is 63.2 Å². The van der Waals surface area contributed by atoms with Crippen LogP contribution >= 0.6 is 0 Å². The van der Waals surface area contributed by atoms with Gasteiger partial charge in [-0.05, 0) is 43.2 Å². The number of rotatable bonds is 6. The number of phenolic OH excluding ortho intramolecular Hbond substituents is 1. The van der Waals surface area contributed by atoms with Crippen LogP contribution in [0.25, 0.3) is 0 Å². The average Bonchev–Trinajstić information content (AvgIpc) is 2.55. The van der Waals surface area contributed by atoms with E-state index in [4.69, 9.17) is 4.74 Å². The number of nitrogens with one attached hydrogen (secondary N) is 1. The summed E-state index contributed by atoms with van der Waals surface area (Å²) in [6, 6.07) is 9.19. The van der Waals surface area contributed by atoms with Crippen molar-refractivity contribution in [3.8, 4) is 11.5 Å². The van der Waals surface area contributed by atoms with E-state index in [0.29, 0.717) is 5.75 Å². The first kappa shape index (κ1) is 17.9. The number of hydrazone groups is 1. The first-order chi connectivity index (χ1) is 11.9. The molecule has 2 N–H and O–H groups in total. The van der Waals surface area contributed by atoms with E-state index in [1.807, 2.05) is 32.0 Å². The van der Waals surface area contributed by atoms with Crippen LogP contribution in [0, 0.1) is 24.0 Å². The van der Waals surface area contributed by atoms with Crippen LogP contribution in [0.1, 0.15) is 16.7 Å². The lowest BCUT2D eigenvalue weighted by molar-refractivity contribution is -0.385. The van der Waals surface area contributed by atoms with Crippen molar-refractivity contribution >= 4 is 17.8 Å². The standard InChI is InChI=1S/C17H17N3O5/c1-11-3-4-12(2)16(7-11)25-10-17(22)19-18-9-13-8-14(21)5-6-15(13)20(23)24/h3-9,21H,10H2,1-2H3,(H,19,22)/b18-9+. The summed E-state index contributed by atoms with van der Waals surface area (Å²) in [4.78, 5) is 22.1. The van der Waals surface area contributed by atoms with Gasteiger partial charge in [-0.25, -0.2) is 5.43 Å². The number of nitro benzene ring substituents is 1. The van der Waals surface area contributed by atoms with Crippen molar-refractivity contribution in [3.63, 3.8) is 0 Å². The molecule has 0 radical (unpaired) electrons. The van der Waals surface area contributed by atoms with Gasteiger partial charge >= 0.3 is 0 Å². The van der Waals surface area contributed by atoms with Crippen molar-refractivity contribution in [2.24, 2.45) is 5.10 Å². The van der Waals surface area contributed by atoms with Crippen molar-refractivity contribution in [2.45, 2.75) is 13.8 Å². The number of carbonyl (C=O) groups is 1. The number of aromatic hydroxyl groups is 1. The zero-order valence-electron chi connectivity index (χ0n) is 13.7. The summed E-state index contributed by atoms with van der Waals surface area (Å²) in [5.74, 6) is -0.0562. The van der Waals surface area contributed by atoms with Gasteiger partial charge in [0, 0.05) is 6.07 Å². The second-order valence-electron chi connectivity index (χ2n) is 5.35. The van der Waals surface area contributed by atoms with Crippen molar-refractivity contribution in [1.29, 1.82) is 0 Å². The molecule has 0 bridgehead atoms. The fourth-order valence-corrected chi connectivity index (χ4v) is 2.02. The van der Waals surface area contributed by atoms with Gasteiger partial charge in [-0.15, -0.1) is 0 Å². The normalized spacial score (nSPS) is 10.6. The van der Waals surface area contributed by atoms with Crippen LogP contribution < -0.4 is 10.2 Å². The second kappa shape index (κ2) is 7.91. The third-order valence-corrected chi connectivity index (χ3v) is 3.30. The Balaban J connectivity index is 1.96. The third-order valence-electron chi connectivity index (χ3n) is 3.30. The molecule has 130 valence electrons. The van der Waals surface area contributed by atoms with Crippen molar-refractivity contribution < 1.29 is 19.6 Å². The molecule has 0 saturated carbocycles. The van der Waals surface area contributed by atoms with Crippen molar-refractivity contribution in [2.75, 3.05) is 6.61 Å². The molecule has 0 saturated heterocycles. The lowest BCUT2D eigenvalue weighted by Crippen LogP contribution is -2.24. The van der Waals surface area contributed by atoms with E-state index >= 15 is 0 Å². The van der Waals surface area contributed by atoms with Gasteiger partial charge in [0.1, 0.15) is 11.5 Å². The Morgan fingerprint density at radius 2 is 2.08 bits per heavy atom. The van der Waals surface area contributed by atoms with E-state index in [-0.39, 0.29) is 23.6 Å². The number of carbonyl (C=O) groups excluding carboxylic acids is 1. The van der Waals surface area contributed by atoms with Crippen LogP contribution in [0.2, 0.25) is 0 Å². The quantitative estimate of drug-likeness (QED) is 0.475. The molecule has 8 heteroatoms. The number of phenols is 1. The van der Waals surface area contributed by atoms with Crippen LogP contribution in [-0.2, 0) is 4.79 Å². The highest BCUT2D eigenvalue weighted by Gasteiger charge is 2.12. The number of hydrogen-bond donors (Lipinski definition) is 2. The van der Waals surface area contributed by atoms with Gasteiger partial charge in [0.15, 0.2) is 6.61 Å². The minimum absolute atomic E-state index is 0.0701. The molecule has 0 unspecified atom stereocenters. The number of nitrogens with zero attached hydrogens (tertiary/aromatic N) is 2. The molecule has 2 aromatic carbocycles. The summed E-state index contributed by atoms with van der Waals surface area (Å²) >= 11 is 0. The highest BCUT2D eigenvalue weighted by Crippen LogP contribution is 2.21. The predicted molar refractivity (Wildman–Crippen MR) is 91.9 cm³/mol. The SMILES string of the molecule is Cc1ccc(C)c(OCC(=O)N/N=C/c2cc(O)ccc2[N+](=O)[O-])c1. The van der Waals surface area contributed by atoms with E-state index in [1.54, 1.807) is 0 Å². The van der Waals surface area contributed by atoms with Crippen LogP contribution in [0.15, 0.2) is 41.5 Å². The lowest BCUT2D eigenvalue weighted by Gasteiger charge is -2.08. The van der Waals surface area contributed by atoms with Gasteiger partial charge < -0.3 is 9.84 Å². The van der Waals surface area contributed by atoms with Crippen LogP contribution in [-0.4, -0.2) is 28.8 Å². The highest BCUT2D eigenvalue weighted by molar-refractivity contribution is 5.87. The van der Waals surface area contributed by atoms with E-state index < -0.39 is 10.8 Å². The summed E-state index contributed by atoms with van der Waals surface area (Å²) in [5, 5.41) is 24.0. The summed E-state index contributed by atoms with van der Waals surface area (Å²) < 4.78 is 5.43. The Morgan fingerprint density at radius 1 is 1.32 bits per heavy atom. The summed E-state index contributed by atoms with van der Waals surface area (Å²) in [6.07, 6.45) is 1.09. The largest absolute Gasteiger partial charge is 0.508 e. The fraction of sp³-hybridized carbons (Fsp3) is 0.176. The zero-order valence-corrected chi connectivity index (χ0v) is 13.7. The Kier molecular flexibility index (Phi) is 5.67. The van der Waals surface area contributed by atoms with Gasteiger partial charge in [-0.1, -0.05) is 12.1 Å². The second-order valence-corrected chi connectivity index (χ2v) is 5.35. The van der Waals surface area contributed by atoms with E-state index in [9.17, 15) is 20.0 Å². The maximum atomic E-state index is 11.8. The Labute approximate surface area is 143 Å². The first-order valence-corrected chi connectivity index (χ1v) is 7.36. The number of amides is 1. The summed E-state index contributed by atoms with van der Waals surface area (Å²) in [5.41, 5.74) is 3.97. The van der Waals surface area contributed by atoms with Crippen LogP contribution in [0.3, 0.4) is 0 Å². The Bertz CT molecular complexity index is 833. The lowest BCUT2D eigenvalue weighted by atomic mass is 10.1. The van der Waals surface area contributed by atoms with E-state index in [1.165, 1.54) is 12.1 Å². The van der Waals surface area contributed by atoms with Crippen molar-refractivity contribution in [1.82, 2.24) is 5.43 Å². The molecule has 2 rings (SSSR count). The molecule has 0 aliphatic heterocycles. The van der Waals surface area contributed by atoms with E-state index in [2.05, 4.69) is 10.5 Å². The molecule has 0 fully saturated rings. The minimum Gasteiger partial charge on any atom is -0.508 e. The third kappa shape index (κ3) is 5.03. The fourth-order valence-electron chi connectivity index (χ4n) is 2.02. The number of aryl methyl sites for hydroxylation is 2. The zero-order chi connectivity index (χ0) is 18.4. The summed E-state index contributed by atoms with van der Waals surface area (Å²) in [6.45, 7) is 3.54. The predicted octanol–water partition coefficient (Wildman–Crippen LogP) is 2.45. The smallest absolute Gasteiger partial charge is 0.278 e. The maximum absolute atomic E-state index is 11.8. The molecule has 0 aliphatic rings. The molecule has 2 aromatic rings. The molecule has 8 nitrogen and oxygen atoms in total. The number of hydrogen-bond acceptors (Lipinski definition) is 6. The molecular weight excluding hydrogens is 326 g/mol. The van der Waals surface area contributed by atoms with Gasteiger partial charge in [-0.2, -0.15) is 5.10 Å². The maximum Gasteiger partial charge on any atom is 0.278 e. The number of nitro groups is 1. The molecule has 0 aromatic heterocycles. The monoisotopic (exact) mass is 343 g/mol. The number of ether oxygens (including phenoxy) is 1. The Morgan fingerprint density at radius 3 is 2.80 bits per heavy atom. The minimum atomic E-state index is -0.605. The number of benzene rings is 2. The molecule has 25 heavy (non-hydrogen) atoms. The molecule has 0 aliphatic carbocycles. The molecular formula is C17H17N3O5. The molecule has 1 amide bonds. The molecule has 0 heterocycles. The van der Waals surface area contributed by atoms with Crippen LogP contribution in [0.4, 0.5) is 5.69 Å². The topological polar surface area (TPSA) is 114 Å². The van der Waals surface area contributed by atoms with E-state index in [0.717, 1.165) is 23.4 Å². The summed E-state index contributed by atoms with van der Waals surface area (Å²) in [7, 11) is 0.